The van der Waals surface area contributed by atoms with Gasteiger partial charge in [-0.1, -0.05) is 24.6 Å². The lowest BCUT2D eigenvalue weighted by Gasteiger charge is -2.12. The fourth-order valence-electron chi connectivity index (χ4n) is 2.22. The molecule has 142 valence electrons. The molecule has 0 aliphatic carbocycles. The van der Waals surface area contributed by atoms with Gasteiger partial charge in [0.25, 0.3) is 10.0 Å². The van der Waals surface area contributed by atoms with Crippen LogP contribution in [-0.4, -0.2) is 27.9 Å². The van der Waals surface area contributed by atoms with E-state index in [1.807, 2.05) is 13.8 Å². The Kier molecular flexibility index (Phi) is 8.08. The molecule has 0 saturated carbocycles. The van der Waals surface area contributed by atoms with Crippen molar-refractivity contribution in [2.24, 2.45) is 5.92 Å². The largest absolute Gasteiger partial charge is 0.326 e. The van der Waals surface area contributed by atoms with Gasteiger partial charge in [-0.05, 0) is 50.4 Å². The van der Waals surface area contributed by atoms with Crippen LogP contribution >= 0.6 is 12.4 Å². The summed E-state index contributed by atoms with van der Waals surface area (Å²) in [7, 11) is -1.84. The Morgan fingerprint density at radius 3 is 2.08 bits per heavy atom. The summed E-state index contributed by atoms with van der Waals surface area (Å²) >= 11 is 0. The van der Waals surface area contributed by atoms with Crippen molar-refractivity contribution >= 4 is 39.7 Å². The quantitative estimate of drug-likeness (QED) is 0.670. The summed E-state index contributed by atoms with van der Waals surface area (Å²) in [5.74, 6) is -0.257. The Balaban J connectivity index is 0.00000338. The standard InChI is InChI=1S/C18H23N3O3S.ClH/c1-13-4-10-17(11-5-13)25(23,24)21-16-8-6-15(7-9-16)20-18(22)14(2)12-19-3;/h4-11,14,19,21H,12H2,1-3H3,(H,20,22);1H. The van der Waals surface area contributed by atoms with E-state index < -0.39 is 10.0 Å². The number of hydrogen-bond acceptors (Lipinski definition) is 4. The molecule has 2 aromatic carbocycles. The summed E-state index contributed by atoms with van der Waals surface area (Å²) in [6.45, 7) is 4.31. The van der Waals surface area contributed by atoms with Gasteiger partial charge in [-0.3, -0.25) is 9.52 Å². The Morgan fingerprint density at radius 1 is 1.00 bits per heavy atom. The van der Waals surface area contributed by atoms with Gasteiger partial charge in [-0.2, -0.15) is 0 Å². The number of halogens is 1. The Labute approximate surface area is 160 Å². The number of nitrogens with one attached hydrogen (secondary N) is 3. The SMILES string of the molecule is CNCC(C)C(=O)Nc1ccc(NS(=O)(=O)c2ccc(C)cc2)cc1.Cl. The second kappa shape index (κ2) is 9.56. The molecule has 26 heavy (non-hydrogen) atoms. The molecule has 0 aromatic heterocycles. The maximum atomic E-state index is 12.3. The number of aryl methyl sites for hydroxylation is 1. The second-order valence-electron chi connectivity index (χ2n) is 5.94. The van der Waals surface area contributed by atoms with Gasteiger partial charge in [0.2, 0.25) is 5.91 Å². The van der Waals surface area contributed by atoms with Gasteiger partial charge in [0.1, 0.15) is 0 Å². The lowest BCUT2D eigenvalue weighted by molar-refractivity contribution is -0.119. The third-order valence-corrected chi connectivity index (χ3v) is 5.09. The van der Waals surface area contributed by atoms with E-state index in [2.05, 4.69) is 15.4 Å². The highest BCUT2D eigenvalue weighted by Gasteiger charge is 2.14. The van der Waals surface area contributed by atoms with Gasteiger partial charge in [0, 0.05) is 23.8 Å². The molecule has 1 unspecified atom stereocenters. The molecule has 1 atom stereocenters. The van der Waals surface area contributed by atoms with E-state index in [-0.39, 0.29) is 29.1 Å². The monoisotopic (exact) mass is 397 g/mol. The van der Waals surface area contributed by atoms with E-state index in [0.29, 0.717) is 17.9 Å². The highest BCUT2D eigenvalue weighted by Crippen LogP contribution is 2.19. The zero-order valence-electron chi connectivity index (χ0n) is 14.9. The first-order chi connectivity index (χ1) is 11.8. The Bertz CT molecular complexity index is 822. The molecule has 0 bridgehead atoms. The minimum Gasteiger partial charge on any atom is -0.326 e. The molecule has 0 aliphatic rings. The highest BCUT2D eigenvalue weighted by molar-refractivity contribution is 7.92. The van der Waals surface area contributed by atoms with Crippen molar-refractivity contribution in [2.75, 3.05) is 23.6 Å². The fourth-order valence-corrected chi connectivity index (χ4v) is 3.28. The van der Waals surface area contributed by atoms with Crippen molar-refractivity contribution in [2.45, 2.75) is 18.7 Å². The van der Waals surface area contributed by atoms with E-state index in [9.17, 15) is 13.2 Å². The van der Waals surface area contributed by atoms with Crippen LogP contribution in [0.25, 0.3) is 0 Å². The molecule has 0 spiro atoms. The van der Waals surface area contributed by atoms with Crippen LogP contribution in [0, 0.1) is 12.8 Å². The van der Waals surface area contributed by atoms with Gasteiger partial charge < -0.3 is 10.6 Å². The van der Waals surface area contributed by atoms with E-state index >= 15 is 0 Å². The van der Waals surface area contributed by atoms with Crippen LogP contribution in [0.3, 0.4) is 0 Å². The molecule has 0 heterocycles. The molecule has 0 fully saturated rings. The van der Waals surface area contributed by atoms with Gasteiger partial charge in [-0.15, -0.1) is 12.4 Å². The van der Waals surface area contributed by atoms with E-state index in [1.165, 1.54) is 0 Å². The molecule has 0 saturated heterocycles. The first-order valence-corrected chi connectivity index (χ1v) is 9.45. The molecule has 2 aromatic rings. The van der Waals surface area contributed by atoms with Crippen LogP contribution in [0.2, 0.25) is 0 Å². The van der Waals surface area contributed by atoms with Gasteiger partial charge in [0.15, 0.2) is 0 Å². The molecule has 0 radical (unpaired) electrons. The van der Waals surface area contributed by atoms with Crippen molar-refractivity contribution in [1.82, 2.24) is 5.32 Å². The molecular weight excluding hydrogens is 374 g/mol. The maximum Gasteiger partial charge on any atom is 0.261 e. The summed E-state index contributed by atoms with van der Waals surface area (Å²) in [5, 5.41) is 5.75. The molecule has 1 amide bonds. The van der Waals surface area contributed by atoms with Crippen molar-refractivity contribution in [1.29, 1.82) is 0 Å². The minimum atomic E-state index is -3.63. The topological polar surface area (TPSA) is 87.3 Å². The molecule has 2 rings (SSSR count). The molecule has 8 heteroatoms. The van der Waals surface area contributed by atoms with Crippen molar-refractivity contribution in [3.8, 4) is 0 Å². The van der Waals surface area contributed by atoms with Crippen molar-refractivity contribution < 1.29 is 13.2 Å². The zero-order chi connectivity index (χ0) is 18.4. The fraction of sp³-hybridized carbons (Fsp3) is 0.278. The Morgan fingerprint density at radius 2 is 1.54 bits per heavy atom. The number of benzene rings is 2. The van der Waals surface area contributed by atoms with Gasteiger partial charge in [0.05, 0.1) is 4.90 Å². The molecule has 0 aliphatic heterocycles. The summed E-state index contributed by atoms with van der Waals surface area (Å²) in [4.78, 5) is 12.2. The van der Waals surface area contributed by atoms with Crippen LogP contribution < -0.4 is 15.4 Å². The van der Waals surface area contributed by atoms with Crippen LogP contribution in [0.4, 0.5) is 11.4 Å². The average Bonchev–Trinajstić information content (AvgIpc) is 2.57. The van der Waals surface area contributed by atoms with Gasteiger partial charge in [-0.25, -0.2) is 8.42 Å². The number of rotatable bonds is 7. The van der Waals surface area contributed by atoms with Crippen LogP contribution in [0.1, 0.15) is 12.5 Å². The number of carbonyl (C=O) groups is 1. The number of sulfonamides is 1. The zero-order valence-corrected chi connectivity index (χ0v) is 16.6. The first kappa shape index (κ1) is 22.0. The van der Waals surface area contributed by atoms with Crippen LogP contribution in [0.15, 0.2) is 53.4 Å². The molecule has 6 nitrogen and oxygen atoms in total. The summed E-state index contributed by atoms with van der Waals surface area (Å²) in [6, 6.07) is 13.2. The predicted molar refractivity (Wildman–Crippen MR) is 107 cm³/mol. The summed E-state index contributed by atoms with van der Waals surface area (Å²) < 4.78 is 27.2. The average molecular weight is 398 g/mol. The normalized spacial score (nSPS) is 12.0. The predicted octanol–water partition coefficient (Wildman–Crippen LogP) is 3.01. The van der Waals surface area contributed by atoms with Crippen LogP contribution in [0.5, 0.6) is 0 Å². The lowest BCUT2D eigenvalue weighted by Crippen LogP contribution is -2.28. The lowest BCUT2D eigenvalue weighted by atomic mass is 10.1. The van der Waals surface area contributed by atoms with Crippen molar-refractivity contribution in [3.05, 3.63) is 54.1 Å². The number of anilines is 2. The number of amides is 1. The minimum absolute atomic E-state index is 0. The summed E-state index contributed by atoms with van der Waals surface area (Å²) in [5.41, 5.74) is 2.04. The number of carbonyl (C=O) groups excluding carboxylic acids is 1. The van der Waals surface area contributed by atoms with E-state index in [4.69, 9.17) is 0 Å². The Hall–Kier alpha value is -2.09. The van der Waals surface area contributed by atoms with E-state index in [1.54, 1.807) is 55.6 Å². The smallest absolute Gasteiger partial charge is 0.261 e. The maximum absolute atomic E-state index is 12.3. The third-order valence-electron chi connectivity index (χ3n) is 3.69. The molecular formula is C18H24ClN3O3S. The highest BCUT2D eigenvalue weighted by atomic mass is 35.5. The summed E-state index contributed by atoms with van der Waals surface area (Å²) in [6.07, 6.45) is 0. The van der Waals surface area contributed by atoms with Crippen LogP contribution in [-0.2, 0) is 14.8 Å². The van der Waals surface area contributed by atoms with E-state index in [0.717, 1.165) is 5.56 Å². The van der Waals surface area contributed by atoms with Gasteiger partial charge >= 0.3 is 0 Å². The first-order valence-electron chi connectivity index (χ1n) is 7.97. The molecule has 3 N–H and O–H groups in total. The second-order valence-corrected chi connectivity index (χ2v) is 7.63. The van der Waals surface area contributed by atoms with Crippen molar-refractivity contribution in [3.63, 3.8) is 0 Å². The third kappa shape index (κ3) is 6.01. The number of hydrogen-bond donors (Lipinski definition) is 3.